The average molecular weight is 656 g/mol. The van der Waals surface area contributed by atoms with Crippen molar-refractivity contribution in [2.75, 3.05) is 52.5 Å². The van der Waals surface area contributed by atoms with Crippen molar-refractivity contribution in [3.8, 4) is 0 Å². The van der Waals surface area contributed by atoms with Crippen LogP contribution in [0.25, 0.3) is 0 Å². The van der Waals surface area contributed by atoms with Gasteiger partial charge >= 0.3 is 18.2 Å². The van der Waals surface area contributed by atoms with Gasteiger partial charge in [-0.1, -0.05) is 102 Å². The number of hydrogen-bond acceptors (Lipinski definition) is 7. The molecule has 5 rings (SSSR count). The molecule has 0 aliphatic carbocycles. The molecule has 3 heterocycles. The molecule has 3 amide bonds. The molecule has 11 heteroatoms. The molecule has 3 aliphatic rings. The molecule has 3 saturated heterocycles. The molecule has 2 aromatic carbocycles. The van der Waals surface area contributed by atoms with Crippen molar-refractivity contribution in [3.63, 3.8) is 0 Å². The number of aliphatic carboxylic acids is 1. The number of ether oxygens (including phenoxy) is 3. The Bertz CT molecular complexity index is 1260. The van der Waals surface area contributed by atoms with Crippen molar-refractivity contribution in [1.82, 2.24) is 14.7 Å². The summed E-state index contributed by atoms with van der Waals surface area (Å²) in [7, 11) is 0. The van der Waals surface area contributed by atoms with Crippen molar-refractivity contribution in [1.29, 1.82) is 0 Å². The fraction of sp³-hybridized carbons (Fsp3) is 0.556. The second-order valence-corrected chi connectivity index (χ2v) is 11.7. The van der Waals surface area contributed by atoms with Crippen LogP contribution in [0.3, 0.4) is 0 Å². The quantitative estimate of drug-likeness (QED) is 0.380. The Labute approximate surface area is 279 Å². The Morgan fingerprint density at radius 3 is 1.51 bits per heavy atom. The summed E-state index contributed by atoms with van der Waals surface area (Å²) >= 11 is 0. The maximum Gasteiger partial charge on any atom is 0.410 e. The first kappa shape index (κ1) is 39.1. The Kier molecular flexibility index (Phi) is 16.2. The molecular weight excluding hydrogens is 602 g/mol. The highest BCUT2D eigenvalue weighted by atomic mass is 16.6. The molecule has 0 spiro atoms. The molecule has 11 nitrogen and oxygen atoms in total. The third-order valence-electron chi connectivity index (χ3n) is 8.81. The van der Waals surface area contributed by atoms with E-state index in [9.17, 15) is 19.2 Å². The minimum atomic E-state index is -0.838. The summed E-state index contributed by atoms with van der Waals surface area (Å²) in [6.45, 7) is 8.70. The molecule has 47 heavy (non-hydrogen) atoms. The summed E-state index contributed by atoms with van der Waals surface area (Å²) in [5.74, 6) is -1.10. The first-order valence-electron chi connectivity index (χ1n) is 15.8. The van der Waals surface area contributed by atoms with Crippen LogP contribution in [0.2, 0.25) is 0 Å². The summed E-state index contributed by atoms with van der Waals surface area (Å²) in [6, 6.07) is 19.0. The summed E-state index contributed by atoms with van der Waals surface area (Å²) in [6.07, 6.45) is 0.860. The van der Waals surface area contributed by atoms with E-state index in [0.717, 1.165) is 24.0 Å². The summed E-state index contributed by atoms with van der Waals surface area (Å²) in [5.41, 5.74) is 1.88. The zero-order chi connectivity index (χ0) is 32.2. The zero-order valence-corrected chi connectivity index (χ0v) is 26.2. The van der Waals surface area contributed by atoms with Gasteiger partial charge in [-0.05, 0) is 23.0 Å². The van der Waals surface area contributed by atoms with E-state index in [1.165, 1.54) is 4.90 Å². The number of hydrogen-bond donors (Lipinski definition) is 1. The normalized spacial score (nSPS) is 21.8. The molecule has 3 fully saturated rings. The van der Waals surface area contributed by atoms with Crippen LogP contribution < -0.4 is 0 Å². The lowest BCUT2D eigenvalue weighted by atomic mass is 9.92. The van der Waals surface area contributed by atoms with Gasteiger partial charge in [0.15, 0.2) is 0 Å². The number of amides is 3. The molecule has 0 radical (unpaired) electrons. The minimum Gasteiger partial charge on any atom is -0.481 e. The molecule has 3 aliphatic heterocycles. The topological polar surface area (TPSA) is 126 Å². The Morgan fingerprint density at radius 2 is 1.11 bits per heavy atom. The highest BCUT2D eigenvalue weighted by molar-refractivity contribution is 5.81. The van der Waals surface area contributed by atoms with Crippen LogP contribution in [0.5, 0.6) is 0 Å². The molecule has 2 aromatic rings. The van der Waals surface area contributed by atoms with Crippen LogP contribution in [-0.4, -0.2) is 96.4 Å². The second kappa shape index (κ2) is 19.5. The molecule has 0 bridgehead atoms. The van der Waals surface area contributed by atoms with Crippen LogP contribution in [0.4, 0.5) is 9.59 Å². The van der Waals surface area contributed by atoms with E-state index in [1.54, 1.807) is 4.90 Å². The average Bonchev–Trinajstić information content (AvgIpc) is 3.73. The van der Waals surface area contributed by atoms with Gasteiger partial charge in [0, 0.05) is 39.3 Å². The van der Waals surface area contributed by atoms with E-state index < -0.39 is 18.0 Å². The van der Waals surface area contributed by atoms with Gasteiger partial charge < -0.3 is 34.0 Å². The van der Waals surface area contributed by atoms with Gasteiger partial charge in [-0.15, -0.1) is 0 Å². The van der Waals surface area contributed by atoms with Gasteiger partial charge in [0.1, 0.15) is 13.2 Å². The zero-order valence-electron chi connectivity index (χ0n) is 26.2. The highest BCUT2D eigenvalue weighted by Crippen LogP contribution is 2.29. The van der Waals surface area contributed by atoms with E-state index in [0.29, 0.717) is 45.9 Å². The highest BCUT2D eigenvalue weighted by Gasteiger charge is 2.41. The second-order valence-electron chi connectivity index (χ2n) is 11.7. The Hall–Kier alpha value is -4.12. The van der Waals surface area contributed by atoms with Crippen LogP contribution in [0.1, 0.15) is 52.7 Å². The number of morpholine rings is 1. The third-order valence-corrected chi connectivity index (χ3v) is 8.81. The predicted octanol–water partition coefficient (Wildman–Crippen LogP) is 5.78. The number of carbonyl (C=O) groups is 4. The maximum absolute atomic E-state index is 12.8. The van der Waals surface area contributed by atoms with Crippen molar-refractivity contribution in [2.24, 2.45) is 23.7 Å². The van der Waals surface area contributed by atoms with E-state index >= 15 is 0 Å². The first-order valence-corrected chi connectivity index (χ1v) is 15.8. The molecule has 0 unspecified atom stereocenters. The molecule has 1 N–H and O–H groups in total. The van der Waals surface area contributed by atoms with E-state index in [2.05, 4.69) is 6.92 Å². The van der Waals surface area contributed by atoms with Crippen LogP contribution in [0.15, 0.2) is 60.7 Å². The van der Waals surface area contributed by atoms with Gasteiger partial charge in [0.05, 0.1) is 25.0 Å². The van der Waals surface area contributed by atoms with Crippen molar-refractivity contribution >= 4 is 24.1 Å². The largest absolute Gasteiger partial charge is 0.481 e. The van der Waals surface area contributed by atoms with Gasteiger partial charge in [0.25, 0.3) is 0 Å². The van der Waals surface area contributed by atoms with E-state index in [-0.39, 0.29) is 64.4 Å². The third kappa shape index (κ3) is 11.0. The summed E-state index contributed by atoms with van der Waals surface area (Å²) in [4.78, 5) is 53.3. The lowest BCUT2D eigenvalue weighted by Crippen LogP contribution is -2.45. The summed E-state index contributed by atoms with van der Waals surface area (Å²) in [5, 5.41) is 9.14. The van der Waals surface area contributed by atoms with Gasteiger partial charge in [0.2, 0.25) is 5.91 Å². The molecular formula is C36H53N3O8. The number of carboxylic acid groups (broad SMARTS) is 1. The maximum atomic E-state index is 12.8. The van der Waals surface area contributed by atoms with Crippen LogP contribution in [0, 0.1) is 23.7 Å². The number of rotatable bonds is 8. The molecule has 0 saturated carbocycles. The van der Waals surface area contributed by atoms with Crippen LogP contribution >= 0.6 is 0 Å². The fourth-order valence-corrected chi connectivity index (χ4v) is 6.07. The standard InChI is InChI=1S/C19H26N2O4.C15H19NO4.2CH4/c1-2-16-12-21(19(23)25-14-15-6-4-3-5-7-15)13-17(16)18(22)20-8-10-24-11-9-20;1-2-12-8-16(9-13(12)14(17)18)15(19)20-10-11-6-4-3-5-7-11;;/h3-7,16-17H,2,8-14H2,1H3;3-7,12-13H,2,8-10H2,1H3,(H,17,18);2*1H4/t16-,17+;12-,13+;;/m11../s1. The van der Waals surface area contributed by atoms with Gasteiger partial charge in [-0.25, -0.2) is 9.59 Å². The fourth-order valence-electron chi connectivity index (χ4n) is 6.07. The smallest absolute Gasteiger partial charge is 0.410 e. The predicted molar refractivity (Wildman–Crippen MR) is 179 cm³/mol. The summed E-state index contributed by atoms with van der Waals surface area (Å²) < 4.78 is 16.0. The number of carbonyl (C=O) groups excluding carboxylic acids is 3. The van der Waals surface area contributed by atoms with Crippen molar-refractivity contribution in [2.45, 2.75) is 54.8 Å². The number of likely N-dealkylation sites (tertiary alicyclic amines) is 2. The number of benzene rings is 2. The Morgan fingerprint density at radius 1 is 0.681 bits per heavy atom. The van der Waals surface area contributed by atoms with Gasteiger partial charge in [-0.2, -0.15) is 0 Å². The van der Waals surface area contributed by atoms with Gasteiger partial charge in [-0.3, -0.25) is 9.59 Å². The monoisotopic (exact) mass is 655 g/mol. The lowest BCUT2D eigenvalue weighted by molar-refractivity contribution is -0.142. The number of nitrogens with zero attached hydrogens (tertiary/aromatic N) is 3. The van der Waals surface area contributed by atoms with E-state index in [4.69, 9.17) is 19.3 Å². The molecule has 0 aromatic heterocycles. The Balaban J connectivity index is 0.000000321. The van der Waals surface area contributed by atoms with Crippen molar-refractivity contribution in [3.05, 3.63) is 71.8 Å². The minimum absolute atomic E-state index is 0. The SMILES string of the molecule is C.C.CC[C@@H]1CN(C(=O)OCc2ccccc2)C[C@@H]1C(=O)N1CCOCC1.CC[C@@H]1CN(C(=O)OCc2ccccc2)C[C@@H]1C(=O)O. The number of carboxylic acids is 1. The molecule has 260 valence electrons. The van der Waals surface area contributed by atoms with E-state index in [1.807, 2.05) is 72.5 Å². The van der Waals surface area contributed by atoms with Crippen LogP contribution in [-0.2, 0) is 37.0 Å². The molecule has 4 atom stereocenters. The lowest BCUT2D eigenvalue weighted by Gasteiger charge is -2.30. The first-order chi connectivity index (χ1) is 21.8. The van der Waals surface area contributed by atoms with Crippen molar-refractivity contribution < 1.29 is 38.5 Å².